The average Bonchev–Trinajstić information content (AvgIpc) is 2.82. The Kier molecular flexibility index (Phi) is 4.23. The molecule has 1 aromatic heterocycles. The largest absolute Gasteiger partial charge is 0.478 e. The lowest BCUT2D eigenvalue weighted by molar-refractivity contribution is 0.0697. The van der Waals surface area contributed by atoms with Crippen molar-refractivity contribution >= 4 is 21.9 Å². The predicted octanol–water partition coefficient (Wildman–Crippen LogP) is 4.12. The van der Waals surface area contributed by atoms with Gasteiger partial charge in [0.15, 0.2) is 0 Å². The molecule has 2 aromatic rings. The Morgan fingerprint density at radius 3 is 2.80 bits per heavy atom. The van der Waals surface area contributed by atoms with Crippen LogP contribution in [0.4, 0.5) is 4.39 Å². The Labute approximate surface area is 124 Å². The molecular formula is C14H14BrFN2O2. The van der Waals surface area contributed by atoms with Gasteiger partial charge in [-0.05, 0) is 47.5 Å². The quantitative estimate of drug-likeness (QED) is 0.910. The molecule has 0 bridgehead atoms. The summed E-state index contributed by atoms with van der Waals surface area (Å²) in [6, 6.07) is 4.20. The second-order valence-corrected chi connectivity index (χ2v) is 5.41. The maximum Gasteiger partial charge on any atom is 0.339 e. The lowest BCUT2D eigenvalue weighted by atomic mass is 10.1. The molecular weight excluding hydrogens is 327 g/mol. The molecule has 1 unspecified atom stereocenters. The Hall–Kier alpha value is -1.69. The van der Waals surface area contributed by atoms with E-state index >= 15 is 0 Å². The summed E-state index contributed by atoms with van der Waals surface area (Å²) in [7, 11) is 0. The Morgan fingerprint density at radius 1 is 1.55 bits per heavy atom. The maximum absolute atomic E-state index is 13.1. The van der Waals surface area contributed by atoms with E-state index in [2.05, 4.69) is 21.0 Å². The van der Waals surface area contributed by atoms with Gasteiger partial charge in [-0.2, -0.15) is 5.10 Å². The van der Waals surface area contributed by atoms with Gasteiger partial charge < -0.3 is 5.11 Å². The van der Waals surface area contributed by atoms with Crippen molar-refractivity contribution in [3.63, 3.8) is 0 Å². The van der Waals surface area contributed by atoms with Crippen LogP contribution in [0.25, 0.3) is 11.3 Å². The minimum Gasteiger partial charge on any atom is -0.478 e. The van der Waals surface area contributed by atoms with Crippen LogP contribution < -0.4 is 0 Å². The first-order valence-electron chi connectivity index (χ1n) is 6.22. The third-order valence-electron chi connectivity index (χ3n) is 3.19. The highest BCUT2D eigenvalue weighted by molar-refractivity contribution is 9.10. The van der Waals surface area contributed by atoms with E-state index < -0.39 is 5.97 Å². The minimum atomic E-state index is -1.05. The molecule has 0 saturated carbocycles. The molecule has 1 N–H and O–H groups in total. The molecule has 4 nitrogen and oxygen atoms in total. The van der Waals surface area contributed by atoms with Crippen LogP contribution in [0, 0.1) is 5.82 Å². The smallest absolute Gasteiger partial charge is 0.339 e. The lowest BCUT2D eigenvalue weighted by Crippen LogP contribution is -2.04. The topological polar surface area (TPSA) is 55.1 Å². The van der Waals surface area contributed by atoms with Gasteiger partial charge in [-0.3, -0.25) is 4.68 Å². The van der Waals surface area contributed by atoms with Crippen molar-refractivity contribution in [1.29, 1.82) is 0 Å². The van der Waals surface area contributed by atoms with Gasteiger partial charge >= 0.3 is 5.97 Å². The van der Waals surface area contributed by atoms with E-state index in [0.29, 0.717) is 15.7 Å². The zero-order chi connectivity index (χ0) is 14.9. The molecule has 0 amide bonds. The predicted molar refractivity (Wildman–Crippen MR) is 77.3 cm³/mol. The average molecular weight is 341 g/mol. The van der Waals surface area contributed by atoms with Gasteiger partial charge in [0.1, 0.15) is 17.1 Å². The van der Waals surface area contributed by atoms with E-state index in [9.17, 15) is 14.3 Å². The zero-order valence-corrected chi connectivity index (χ0v) is 12.7. The highest BCUT2D eigenvalue weighted by atomic mass is 79.9. The van der Waals surface area contributed by atoms with E-state index in [-0.39, 0.29) is 17.4 Å². The number of carboxylic acid groups (broad SMARTS) is 1. The number of carboxylic acids is 1. The van der Waals surface area contributed by atoms with Crippen molar-refractivity contribution in [3.8, 4) is 11.3 Å². The SMILES string of the molecule is CCC(C)n1cc(C(=O)O)c(-c2ccc(F)cc2Br)n1. The van der Waals surface area contributed by atoms with Crippen LogP contribution in [0.1, 0.15) is 36.7 Å². The van der Waals surface area contributed by atoms with Gasteiger partial charge in [0.2, 0.25) is 0 Å². The van der Waals surface area contributed by atoms with Crippen molar-refractivity contribution in [1.82, 2.24) is 9.78 Å². The Balaban J connectivity index is 2.60. The number of hydrogen-bond acceptors (Lipinski definition) is 2. The van der Waals surface area contributed by atoms with Gasteiger partial charge in [-0.1, -0.05) is 6.92 Å². The molecule has 1 atom stereocenters. The van der Waals surface area contributed by atoms with E-state index in [4.69, 9.17) is 0 Å². The molecule has 0 aliphatic rings. The van der Waals surface area contributed by atoms with Gasteiger partial charge in [0.25, 0.3) is 0 Å². The maximum atomic E-state index is 13.1. The molecule has 1 aromatic carbocycles. The second-order valence-electron chi connectivity index (χ2n) is 4.56. The van der Waals surface area contributed by atoms with Crippen LogP contribution in [0.5, 0.6) is 0 Å². The van der Waals surface area contributed by atoms with Gasteiger partial charge in [-0.15, -0.1) is 0 Å². The van der Waals surface area contributed by atoms with Crippen LogP contribution in [-0.2, 0) is 0 Å². The van der Waals surface area contributed by atoms with Crippen LogP contribution in [0.3, 0.4) is 0 Å². The summed E-state index contributed by atoms with van der Waals surface area (Å²) in [4.78, 5) is 11.4. The summed E-state index contributed by atoms with van der Waals surface area (Å²) in [6.07, 6.45) is 2.35. The monoisotopic (exact) mass is 340 g/mol. The standard InChI is InChI=1S/C14H14BrFN2O2/c1-3-8(2)18-7-11(14(19)20)13(17-18)10-5-4-9(16)6-12(10)15/h4-8H,3H2,1-2H3,(H,19,20). The summed E-state index contributed by atoms with van der Waals surface area (Å²) in [5, 5.41) is 13.6. The Bertz CT molecular complexity index is 655. The van der Waals surface area contributed by atoms with Crippen molar-refractivity contribution in [2.75, 3.05) is 0 Å². The lowest BCUT2D eigenvalue weighted by Gasteiger charge is -2.08. The molecule has 1 heterocycles. The zero-order valence-electron chi connectivity index (χ0n) is 11.1. The number of hydrogen-bond donors (Lipinski definition) is 1. The fraction of sp³-hybridized carbons (Fsp3) is 0.286. The minimum absolute atomic E-state index is 0.0982. The molecule has 20 heavy (non-hydrogen) atoms. The number of carbonyl (C=O) groups is 1. The fourth-order valence-electron chi connectivity index (χ4n) is 1.84. The molecule has 0 spiro atoms. The first-order chi connectivity index (χ1) is 9.43. The van der Waals surface area contributed by atoms with Crippen molar-refractivity contribution in [2.45, 2.75) is 26.3 Å². The number of aromatic carboxylic acids is 1. The molecule has 106 valence electrons. The highest BCUT2D eigenvalue weighted by Gasteiger charge is 2.20. The first-order valence-corrected chi connectivity index (χ1v) is 7.01. The van der Waals surface area contributed by atoms with Gasteiger partial charge in [0.05, 0.1) is 0 Å². The van der Waals surface area contributed by atoms with Crippen molar-refractivity contribution < 1.29 is 14.3 Å². The van der Waals surface area contributed by atoms with E-state index in [0.717, 1.165) is 6.42 Å². The molecule has 6 heteroatoms. The van der Waals surface area contributed by atoms with E-state index in [1.54, 1.807) is 4.68 Å². The van der Waals surface area contributed by atoms with Crippen LogP contribution in [0.2, 0.25) is 0 Å². The number of aromatic nitrogens is 2. The van der Waals surface area contributed by atoms with Crippen molar-refractivity contribution in [3.05, 3.63) is 40.2 Å². The normalized spacial score (nSPS) is 12.4. The van der Waals surface area contributed by atoms with Gasteiger partial charge in [-0.25, -0.2) is 9.18 Å². The van der Waals surface area contributed by atoms with E-state index in [1.807, 2.05) is 13.8 Å². The summed E-state index contributed by atoms with van der Waals surface area (Å²) in [6.45, 7) is 3.96. The summed E-state index contributed by atoms with van der Waals surface area (Å²) >= 11 is 3.25. The van der Waals surface area contributed by atoms with Crippen LogP contribution >= 0.6 is 15.9 Å². The molecule has 0 aliphatic heterocycles. The molecule has 0 radical (unpaired) electrons. The third-order valence-corrected chi connectivity index (χ3v) is 3.85. The Morgan fingerprint density at radius 2 is 2.25 bits per heavy atom. The van der Waals surface area contributed by atoms with Crippen molar-refractivity contribution in [2.24, 2.45) is 0 Å². The summed E-state index contributed by atoms with van der Waals surface area (Å²) in [5.74, 6) is -1.44. The molecule has 0 fully saturated rings. The second kappa shape index (κ2) is 5.75. The highest BCUT2D eigenvalue weighted by Crippen LogP contribution is 2.31. The summed E-state index contributed by atoms with van der Waals surface area (Å²) < 4.78 is 15.3. The fourth-order valence-corrected chi connectivity index (χ4v) is 2.38. The van der Waals surface area contributed by atoms with E-state index in [1.165, 1.54) is 24.4 Å². The molecule has 0 aliphatic carbocycles. The van der Waals surface area contributed by atoms with Crippen LogP contribution in [-0.4, -0.2) is 20.9 Å². The molecule has 0 saturated heterocycles. The number of nitrogens with zero attached hydrogens (tertiary/aromatic N) is 2. The number of rotatable bonds is 4. The number of benzene rings is 1. The van der Waals surface area contributed by atoms with Crippen LogP contribution in [0.15, 0.2) is 28.9 Å². The summed E-state index contributed by atoms with van der Waals surface area (Å²) in [5.41, 5.74) is 1.01. The first kappa shape index (κ1) is 14.7. The third kappa shape index (κ3) is 2.75. The molecule has 2 rings (SSSR count). The number of halogens is 2. The van der Waals surface area contributed by atoms with Gasteiger partial charge in [0, 0.05) is 22.3 Å².